The number of nitrogens with one attached hydrogen (secondary N) is 1. The van der Waals surface area contributed by atoms with Crippen LogP contribution in [0.15, 0.2) is 12.9 Å². The van der Waals surface area contributed by atoms with E-state index in [1.165, 1.54) is 12.4 Å². The first kappa shape index (κ1) is 5.75. The lowest BCUT2D eigenvalue weighted by Crippen LogP contribution is -1.81. The molecule has 1 heterocycles. The molecule has 0 radical (unpaired) electrons. The van der Waals surface area contributed by atoms with Crippen LogP contribution in [0.2, 0.25) is 0 Å². The Balaban J connectivity index is 3.12. The van der Waals surface area contributed by atoms with E-state index in [0.29, 0.717) is 17.7 Å². The Morgan fingerprint density at radius 3 is 3.00 bits per heavy atom. The van der Waals surface area contributed by atoms with Crippen LogP contribution < -0.4 is 0 Å². The van der Waals surface area contributed by atoms with E-state index < -0.39 is 0 Å². The Kier molecular flexibility index (Phi) is 1.44. The van der Waals surface area contributed by atoms with Crippen molar-refractivity contribution >= 4 is 12.4 Å². The van der Waals surface area contributed by atoms with Gasteiger partial charge in [0.2, 0.25) is 0 Å². The first-order valence-electron chi connectivity index (χ1n) is 2.49. The van der Waals surface area contributed by atoms with Gasteiger partial charge in [0.25, 0.3) is 0 Å². The van der Waals surface area contributed by atoms with Crippen molar-refractivity contribution in [1.82, 2.24) is 9.97 Å². The molecule has 0 bridgehead atoms. The number of aromatic nitrogens is 2. The number of carbonyl (C=O) groups excluding carboxylic acids is 1. The zero-order chi connectivity index (χ0) is 6.69. The zero-order valence-electron chi connectivity index (χ0n) is 4.79. The normalized spacial score (nSPS) is 8.89. The van der Waals surface area contributed by atoms with Crippen molar-refractivity contribution in [2.45, 2.75) is 0 Å². The van der Waals surface area contributed by atoms with Crippen LogP contribution in [0.4, 0.5) is 0 Å². The van der Waals surface area contributed by atoms with Gasteiger partial charge in [0.15, 0.2) is 6.29 Å². The van der Waals surface area contributed by atoms with Gasteiger partial charge >= 0.3 is 0 Å². The van der Waals surface area contributed by atoms with Gasteiger partial charge in [-0.1, -0.05) is 6.58 Å². The average molecular weight is 122 g/mol. The Morgan fingerprint density at radius 2 is 2.56 bits per heavy atom. The fraction of sp³-hybridized carbons (Fsp3) is 0. The summed E-state index contributed by atoms with van der Waals surface area (Å²) in [6, 6.07) is 0. The van der Waals surface area contributed by atoms with Crippen molar-refractivity contribution in [3.63, 3.8) is 0 Å². The van der Waals surface area contributed by atoms with E-state index in [2.05, 4.69) is 16.5 Å². The van der Waals surface area contributed by atoms with E-state index in [1.807, 2.05) is 0 Å². The molecule has 0 fully saturated rings. The summed E-state index contributed by atoms with van der Waals surface area (Å²) in [6.07, 6.45) is 3.70. The van der Waals surface area contributed by atoms with E-state index in [4.69, 9.17) is 0 Å². The maximum atomic E-state index is 10.1. The number of carbonyl (C=O) groups is 1. The number of H-pyrrole nitrogens is 1. The lowest BCUT2D eigenvalue weighted by atomic mass is 10.3. The summed E-state index contributed by atoms with van der Waals surface area (Å²) in [7, 11) is 0. The second kappa shape index (κ2) is 2.26. The van der Waals surface area contributed by atoms with Gasteiger partial charge < -0.3 is 4.98 Å². The van der Waals surface area contributed by atoms with Gasteiger partial charge in [-0.3, -0.25) is 4.79 Å². The molecule has 1 N–H and O–H groups in total. The second-order valence-corrected chi connectivity index (χ2v) is 1.52. The monoisotopic (exact) mass is 122 g/mol. The van der Waals surface area contributed by atoms with Gasteiger partial charge in [0.05, 0.1) is 12.0 Å². The van der Waals surface area contributed by atoms with Crippen LogP contribution in [-0.2, 0) is 0 Å². The smallest absolute Gasteiger partial charge is 0.168 e. The molecule has 0 aliphatic heterocycles. The van der Waals surface area contributed by atoms with Crippen molar-refractivity contribution in [2.75, 3.05) is 0 Å². The van der Waals surface area contributed by atoms with Crippen LogP contribution in [0.5, 0.6) is 0 Å². The number of imidazole rings is 1. The summed E-state index contributed by atoms with van der Waals surface area (Å²) in [5, 5.41) is 0. The quantitative estimate of drug-likeness (QED) is 0.591. The van der Waals surface area contributed by atoms with Crippen molar-refractivity contribution in [1.29, 1.82) is 0 Å². The van der Waals surface area contributed by atoms with Gasteiger partial charge in [0.1, 0.15) is 5.69 Å². The van der Waals surface area contributed by atoms with Crippen molar-refractivity contribution in [2.24, 2.45) is 0 Å². The maximum absolute atomic E-state index is 10.1. The summed E-state index contributed by atoms with van der Waals surface area (Å²) in [5.74, 6) is 0. The standard InChI is InChI=1S/C6H6N2O/c1-2-5-6(3-9)8-4-7-5/h2-4H,1H2,(H,7,8). The number of nitrogens with zero attached hydrogens (tertiary/aromatic N) is 1. The molecule has 0 atom stereocenters. The largest absolute Gasteiger partial charge is 0.342 e. The Hall–Kier alpha value is -1.38. The highest BCUT2D eigenvalue weighted by atomic mass is 16.1. The SMILES string of the molecule is C=Cc1nc[nH]c1C=O. The molecule has 1 rings (SSSR count). The lowest BCUT2D eigenvalue weighted by molar-refractivity contribution is 0.111. The minimum Gasteiger partial charge on any atom is -0.342 e. The molecular weight excluding hydrogens is 116 g/mol. The highest BCUT2D eigenvalue weighted by Gasteiger charge is 1.96. The molecule has 1 aromatic heterocycles. The summed E-state index contributed by atoms with van der Waals surface area (Å²) in [4.78, 5) is 16.6. The molecular formula is C6H6N2O. The van der Waals surface area contributed by atoms with Crippen LogP contribution in [0.3, 0.4) is 0 Å². The summed E-state index contributed by atoms with van der Waals surface area (Å²) in [6.45, 7) is 3.47. The molecule has 9 heavy (non-hydrogen) atoms. The van der Waals surface area contributed by atoms with E-state index in [1.54, 1.807) is 0 Å². The fourth-order valence-corrected chi connectivity index (χ4v) is 0.572. The highest BCUT2D eigenvalue weighted by molar-refractivity contribution is 5.77. The number of hydrogen-bond acceptors (Lipinski definition) is 2. The molecule has 46 valence electrons. The molecule has 0 aromatic carbocycles. The van der Waals surface area contributed by atoms with Crippen LogP contribution in [-0.4, -0.2) is 16.3 Å². The number of rotatable bonds is 2. The van der Waals surface area contributed by atoms with Crippen molar-refractivity contribution < 1.29 is 4.79 Å². The van der Waals surface area contributed by atoms with Gasteiger partial charge in [0, 0.05) is 0 Å². The van der Waals surface area contributed by atoms with Crippen molar-refractivity contribution in [3.8, 4) is 0 Å². The lowest BCUT2D eigenvalue weighted by Gasteiger charge is -1.80. The van der Waals surface area contributed by atoms with Crippen LogP contribution >= 0.6 is 0 Å². The van der Waals surface area contributed by atoms with Crippen LogP contribution in [0, 0.1) is 0 Å². The van der Waals surface area contributed by atoms with Crippen molar-refractivity contribution in [3.05, 3.63) is 24.3 Å². The minimum atomic E-state index is 0.477. The fourth-order valence-electron chi connectivity index (χ4n) is 0.572. The van der Waals surface area contributed by atoms with Crippen LogP contribution in [0.1, 0.15) is 16.2 Å². The summed E-state index contributed by atoms with van der Waals surface area (Å²) < 4.78 is 0. The topological polar surface area (TPSA) is 45.8 Å². The van der Waals surface area contributed by atoms with Gasteiger partial charge in [-0.2, -0.15) is 0 Å². The van der Waals surface area contributed by atoms with E-state index in [9.17, 15) is 4.79 Å². The third-order valence-corrected chi connectivity index (χ3v) is 1.01. The third kappa shape index (κ3) is 0.887. The van der Waals surface area contributed by atoms with Gasteiger partial charge in [-0.25, -0.2) is 4.98 Å². The Labute approximate surface area is 52.4 Å². The maximum Gasteiger partial charge on any atom is 0.168 e. The summed E-state index contributed by atoms with van der Waals surface area (Å²) in [5.41, 5.74) is 1.08. The third-order valence-electron chi connectivity index (χ3n) is 1.01. The molecule has 3 heteroatoms. The molecule has 0 saturated carbocycles. The average Bonchev–Trinajstić information content (AvgIpc) is 2.33. The molecule has 3 nitrogen and oxygen atoms in total. The van der Waals surface area contributed by atoms with E-state index in [0.717, 1.165) is 0 Å². The molecule has 0 aliphatic carbocycles. The minimum absolute atomic E-state index is 0.477. The van der Waals surface area contributed by atoms with E-state index >= 15 is 0 Å². The number of hydrogen-bond donors (Lipinski definition) is 1. The molecule has 0 aliphatic rings. The van der Waals surface area contributed by atoms with E-state index in [-0.39, 0.29) is 0 Å². The number of aldehydes is 1. The molecule has 0 spiro atoms. The molecule has 0 unspecified atom stereocenters. The van der Waals surface area contributed by atoms with Crippen LogP contribution in [0.25, 0.3) is 6.08 Å². The van der Waals surface area contributed by atoms with Gasteiger partial charge in [-0.05, 0) is 6.08 Å². The predicted octanol–water partition coefficient (Wildman–Crippen LogP) is 0.865. The first-order valence-corrected chi connectivity index (χ1v) is 2.49. The van der Waals surface area contributed by atoms with Gasteiger partial charge in [-0.15, -0.1) is 0 Å². The highest BCUT2D eigenvalue weighted by Crippen LogP contribution is 1.98. The second-order valence-electron chi connectivity index (χ2n) is 1.52. The Morgan fingerprint density at radius 1 is 1.78 bits per heavy atom. The molecule has 0 saturated heterocycles. The number of aromatic amines is 1. The first-order chi connectivity index (χ1) is 4.38. The summed E-state index contributed by atoms with van der Waals surface area (Å²) >= 11 is 0. The predicted molar refractivity (Wildman–Crippen MR) is 34.1 cm³/mol. The molecule has 0 amide bonds. The Bertz CT molecular complexity index is 204. The zero-order valence-corrected chi connectivity index (χ0v) is 4.79. The molecule has 1 aromatic rings.